The Morgan fingerprint density at radius 2 is 1.70 bits per heavy atom. The van der Waals surface area contributed by atoms with Crippen molar-refractivity contribution in [3.05, 3.63) is 30.0 Å². The van der Waals surface area contributed by atoms with Crippen molar-refractivity contribution in [1.82, 2.24) is 9.88 Å². The Morgan fingerprint density at radius 1 is 1.06 bits per heavy atom. The van der Waals surface area contributed by atoms with E-state index in [2.05, 4.69) is 22.0 Å². The van der Waals surface area contributed by atoms with Crippen molar-refractivity contribution in [2.24, 2.45) is 39.5 Å². The molecule has 33 heavy (non-hydrogen) atoms. The van der Waals surface area contributed by atoms with E-state index in [9.17, 15) is 14.4 Å². The van der Waals surface area contributed by atoms with Crippen LogP contribution >= 0.6 is 0 Å². The minimum atomic E-state index is -1.18. The van der Waals surface area contributed by atoms with E-state index in [1.54, 1.807) is 0 Å². The number of carbonyl (C=O) groups is 3. The Hall–Kier alpha value is -2.48. The van der Waals surface area contributed by atoms with Crippen molar-refractivity contribution in [3.63, 3.8) is 0 Å². The average molecular weight is 455 g/mol. The maximum Gasteiger partial charge on any atom is 0.262 e. The van der Waals surface area contributed by atoms with Crippen molar-refractivity contribution in [3.8, 4) is 0 Å². The Labute approximate surface area is 194 Å². The number of rotatable bonds is 10. The van der Waals surface area contributed by atoms with Crippen LogP contribution in [-0.2, 0) is 16.0 Å². The number of likely N-dealkylation sites (tertiary alicyclic amines) is 1. The van der Waals surface area contributed by atoms with Gasteiger partial charge in [-0.2, -0.15) is 0 Å². The summed E-state index contributed by atoms with van der Waals surface area (Å²) in [5.41, 5.74) is 10.0. The summed E-state index contributed by atoms with van der Waals surface area (Å²) in [5.74, 6) is -1.10. The zero-order chi connectivity index (χ0) is 23.4. The fourth-order valence-electron chi connectivity index (χ4n) is 7.61. The quantitative estimate of drug-likeness (QED) is 0.316. The molecule has 1 saturated heterocycles. The maximum absolute atomic E-state index is 13.4. The van der Waals surface area contributed by atoms with Gasteiger partial charge in [-0.15, -0.1) is 0 Å². The smallest absolute Gasteiger partial charge is 0.262 e. The molecular formula is C25H34N4O4. The Balaban J connectivity index is 1.50. The van der Waals surface area contributed by atoms with Gasteiger partial charge in [-0.3, -0.25) is 14.4 Å². The van der Waals surface area contributed by atoms with E-state index in [0.29, 0.717) is 12.2 Å². The Kier molecular flexibility index (Phi) is 5.27. The number of carbonyl (C=O) groups excluding carboxylic acids is 3. The second-order valence-corrected chi connectivity index (χ2v) is 10.6. The molecule has 4 atom stereocenters. The summed E-state index contributed by atoms with van der Waals surface area (Å²) in [7, 11) is 0. The van der Waals surface area contributed by atoms with E-state index in [0.717, 1.165) is 45.3 Å². The average Bonchev–Trinajstić information content (AvgIpc) is 3.12. The third-order valence-corrected chi connectivity index (χ3v) is 9.10. The Morgan fingerprint density at radius 3 is 2.24 bits per heavy atom. The fraction of sp³-hybridized carbons (Fsp3) is 0.680. The van der Waals surface area contributed by atoms with Gasteiger partial charge >= 0.3 is 0 Å². The molecule has 2 bridgehead atoms. The van der Waals surface area contributed by atoms with Gasteiger partial charge in [0, 0.05) is 13.3 Å². The number of Topliss-reactive ketones (excluding diaryl/α,β-unsaturated/α-hetero) is 1. The third-order valence-electron chi connectivity index (χ3n) is 9.10. The van der Waals surface area contributed by atoms with Crippen LogP contribution in [0.5, 0.6) is 0 Å². The van der Waals surface area contributed by atoms with Crippen LogP contribution in [0.15, 0.2) is 22.8 Å². The first-order valence-corrected chi connectivity index (χ1v) is 12.2. The molecule has 5 rings (SSSR count). The summed E-state index contributed by atoms with van der Waals surface area (Å²) in [6.07, 6.45) is 12.5. The first-order chi connectivity index (χ1) is 15.8. The number of hydrogen-bond donors (Lipinski definition) is 2. The topological polar surface area (TPSA) is 133 Å². The largest absolute Gasteiger partial charge is 0.439 e. The molecule has 3 fully saturated rings. The van der Waals surface area contributed by atoms with Gasteiger partial charge in [0.05, 0.1) is 17.0 Å². The van der Waals surface area contributed by atoms with Gasteiger partial charge in [-0.1, -0.05) is 18.6 Å². The molecule has 1 aliphatic heterocycles. The van der Waals surface area contributed by atoms with E-state index in [-0.39, 0.29) is 35.3 Å². The number of nitrogens with zero attached hydrogens (tertiary/aromatic N) is 2. The molecule has 0 aromatic carbocycles. The van der Waals surface area contributed by atoms with Crippen LogP contribution in [-0.4, -0.2) is 47.1 Å². The number of unbranched alkanes of at least 4 members (excludes halogenated alkanes) is 1. The lowest BCUT2D eigenvalue weighted by Crippen LogP contribution is -2.60. The van der Waals surface area contributed by atoms with E-state index in [4.69, 9.17) is 15.9 Å². The van der Waals surface area contributed by atoms with Crippen LogP contribution < -0.4 is 11.5 Å². The van der Waals surface area contributed by atoms with Crippen LogP contribution in [0, 0.1) is 28.1 Å². The number of nitrogens with two attached hydrogens (primary N) is 2. The highest BCUT2D eigenvalue weighted by atomic mass is 16.4. The SMILES string of the molecule is CC(=O)c1ncc(C[C@@]2(C(N)=O)[C@H]3C=C[C@H](C34CC4)[C@@]2(CCCCN2CCCC2)C(N)=O)o1. The molecule has 2 heterocycles. The molecule has 8 heteroatoms. The Bertz CT molecular complexity index is 1010. The number of oxazole rings is 1. The maximum atomic E-state index is 13.4. The monoisotopic (exact) mass is 454 g/mol. The highest BCUT2D eigenvalue weighted by molar-refractivity contribution is 5.95. The molecule has 0 unspecified atom stereocenters. The molecule has 0 radical (unpaired) electrons. The molecule has 4 N–H and O–H groups in total. The van der Waals surface area contributed by atoms with Crippen LogP contribution in [0.1, 0.15) is 68.3 Å². The van der Waals surface area contributed by atoms with Gasteiger partial charge in [0.25, 0.3) is 5.89 Å². The molecule has 4 aliphatic rings. The predicted molar refractivity (Wildman–Crippen MR) is 121 cm³/mol. The lowest BCUT2D eigenvalue weighted by molar-refractivity contribution is -0.152. The van der Waals surface area contributed by atoms with Crippen LogP contribution in [0.2, 0.25) is 0 Å². The number of ketones is 1. The summed E-state index contributed by atoms with van der Waals surface area (Å²) in [4.78, 5) is 45.0. The summed E-state index contributed by atoms with van der Waals surface area (Å²) in [6, 6.07) is 0. The van der Waals surface area contributed by atoms with Crippen molar-refractivity contribution in [2.45, 2.75) is 58.3 Å². The number of allylic oxidation sites excluding steroid dienone is 2. The molecule has 1 aromatic rings. The number of aromatic nitrogens is 1. The van der Waals surface area contributed by atoms with Gasteiger partial charge < -0.3 is 20.8 Å². The van der Waals surface area contributed by atoms with E-state index in [1.165, 1.54) is 26.0 Å². The van der Waals surface area contributed by atoms with Crippen LogP contribution in [0.3, 0.4) is 0 Å². The molecule has 1 aromatic heterocycles. The minimum Gasteiger partial charge on any atom is -0.439 e. The van der Waals surface area contributed by atoms with E-state index < -0.39 is 22.6 Å². The molecule has 178 valence electrons. The van der Waals surface area contributed by atoms with E-state index >= 15 is 0 Å². The first-order valence-electron chi connectivity index (χ1n) is 12.2. The summed E-state index contributed by atoms with van der Waals surface area (Å²) >= 11 is 0. The molecule has 3 aliphatic carbocycles. The van der Waals surface area contributed by atoms with Gasteiger partial charge in [0.15, 0.2) is 0 Å². The normalized spacial score (nSPS) is 33.7. The summed E-state index contributed by atoms with van der Waals surface area (Å²) in [6.45, 7) is 4.64. The van der Waals surface area contributed by atoms with Gasteiger partial charge in [-0.05, 0) is 75.4 Å². The third kappa shape index (κ3) is 3.06. The minimum absolute atomic E-state index is 0.000239. The van der Waals surface area contributed by atoms with Crippen LogP contribution in [0.4, 0.5) is 0 Å². The predicted octanol–water partition coefficient (Wildman–Crippen LogP) is 2.23. The fourth-order valence-corrected chi connectivity index (χ4v) is 7.61. The van der Waals surface area contributed by atoms with Gasteiger partial charge in [0.1, 0.15) is 5.76 Å². The zero-order valence-electron chi connectivity index (χ0n) is 19.3. The summed E-state index contributed by atoms with van der Waals surface area (Å²) in [5, 5.41) is 0. The summed E-state index contributed by atoms with van der Waals surface area (Å²) < 4.78 is 5.69. The molecular weight excluding hydrogens is 420 g/mol. The highest BCUT2D eigenvalue weighted by Crippen LogP contribution is 2.81. The number of amides is 2. The highest BCUT2D eigenvalue weighted by Gasteiger charge is 2.82. The van der Waals surface area contributed by atoms with E-state index in [1.807, 2.05) is 0 Å². The van der Waals surface area contributed by atoms with Gasteiger partial charge in [0.2, 0.25) is 17.6 Å². The lowest BCUT2D eigenvalue weighted by Gasteiger charge is -2.47. The number of hydrogen-bond acceptors (Lipinski definition) is 6. The molecule has 1 spiro atoms. The second kappa shape index (κ2) is 7.79. The van der Waals surface area contributed by atoms with Gasteiger partial charge in [-0.25, -0.2) is 4.98 Å². The van der Waals surface area contributed by atoms with Crippen molar-refractivity contribution >= 4 is 17.6 Å². The van der Waals surface area contributed by atoms with Crippen molar-refractivity contribution in [2.75, 3.05) is 19.6 Å². The van der Waals surface area contributed by atoms with Crippen molar-refractivity contribution < 1.29 is 18.8 Å². The van der Waals surface area contributed by atoms with Crippen molar-refractivity contribution in [1.29, 1.82) is 0 Å². The standard InChI is InChI=1S/C25H34N4O4/c1-16(30)20-28-15-17(33-20)14-25(22(27)32)19-7-6-18(23(19)9-10-23)24(25,21(26)31)8-2-3-11-29-12-4-5-13-29/h6-7,15,18-19H,2-5,8-14H2,1H3,(H2,26,31)(H2,27,32)/t18-,19+,24+,25+/m1/s1. The number of primary amides is 2. The molecule has 2 saturated carbocycles. The van der Waals surface area contributed by atoms with Crippen LogP contribution in [0.25, 0.3) is 0 Å². The first kappa shape index (κ1) is 22.3. The zero-order valence-corrected chi connectivity index (χ0v) is 19.3. The molecule has 8 nitrogen and oxygen atoms in total. The molecule has 2 amide bonds. The lowest BCUT2D eigenvalue weighted by atomic mass is 9.53. The second-order valence-electron chi connectivity index (χ2n) is 10.6.